The van der Waals surface area contributed by atoms with Gasteiger partial charge in [-0.1, -0.05) is 5.16 Å². The number of amides is 1. The number of carbonyl (C=O) groups is 1. The fraction of sp³-hybridized carbons (Fsp3) is 0.647. The lowest BCUT2D eigenvalue weighted by Gasteiger charge is -2.22. The van der Waals surface area contributed by atoms with Crippen LogP contribution in [0.25, 0.3) is 0 Å². The third kappa shape index (κ3) is 2.95. The average molecular weight is 329 g/mol. The Labute approximate surface area is 141 Å². The highest BCUT2D eigenvalue weighted by Gasteiger charge is 2.35. The van der Waals surface area contributed by atoms with Crippen LogP contribution in [-0.2, 0) is 18.3 Å². The summed E-state index contributed by atoms with van der Waals surface area (Å²) in [5, 5.41) is 8.47. The number of aryl methyl sites for hydroxylation is 3. The van der Waals surface area contributed by atoms with Crippen LogP contribution in [0.15, 0.2) is 10.7 Å². The van der Waals surface area contributed by atoms with E-state index in [1.165, 1.54) is 0 Å². The fourth-order valence-electron chi connectivity index (χ4n) is 3.49. The molecule has 7 nitrogen and oxygen atoms in total. The number of carbonyl (C=O) groups excluding carboxylic acids is 1. The molecule has 1 amide bonds. The van der Waals surface area contributed by atoms with E-state index in [1.54, 1.807) is 4.68 Å². The lowest BCUT2D eigenvalue weighted by atomic mass is 10.1. The van der Waals surface area contributed by atoms with Gasteiger partial charge in [-0.2, -0.15) is 10.1 Å². The lowest BCUT2D eigenvalue weighted by Crippen LogP contribution is -2.31. The van der Waals surface area contributed by atoms with Gasteiger partial charge in [0.15, 0.2) is 5.82 Å². The first-order valence-electron chi connectivity index (χ1n) is 8.74. The highest BCUT2D eigenvalue weighted by atomic mass is 16.5. The molecule has 1 saturated carbocycles. The van der Waals surface area contributed by atoms with E-state index in [-0.39, 0.29) is 11.9 Å². The predicted molar refractivity (Wildman–Crippen MR) is 86.2 cm³/mol. The molecule has 2 aromatic rings. The molecule has 7 heteroatoms. The zero-order chi connectivity index (χ0) is 16.7. The summed E-state index contributed by atoms with van der Waals surface area (Å²) in [6.45, 7) is 2.76. The largest absolute Gasteiger partial charge is 0.339 e. The summed E-state index contributed by atoms with van der Waals surface area (Å²) in [6.07, 6.45) is 7.40. The fourth-order valence-corrected chi connectivity index (χ4v) is 3.49. The van der Waals surface area contributed by atoms with Crippen LogP contribution in [0.1, 0.15) is 67.0 Å². The van der Waals surface area contributed by atoms with Crippen molar-refractivity contribution >= 4 is 5.91 Å². The first-order chi connectivity index (χ1) is 11.6. The molecule has 1 saturated heterocycles. The normalized spacial score (nSPS) is 20.8. The van der Waals surface area contributed by atoms with Crippen molar-refractivity contribution in [3.05, 3.63) is 29.2 Å². The Morgan fingerprint density at radius 3 is 2.92 bits per heavy atom. The molecule has 1 aliphatic carbocycles. The molecule has 0 unspecified atom stereocenters. The Bertz CT molecular complexity index is 746. The van der Waals surface area contributed by atoms with Crippen LogP contribution in [0.4, 0.5) is 0 Å². The second kappa shape index (κ2) is 6.03. The summed E-state index contributed by atoms with van der Waals surface area (Å²) in [5.41, 5.74) is 2.13. The van der Waals surface area contributed by atoms with Gasteiger partial charge in [0.2, 0.25) is 11.8 Å². The van der Waals surface area contributed by atoms with Crippen molar-refractivity contribution < 1.29 is 9.32 Å². The second-order valence-corrected chi connectivity index (χ2v) is 6.92. The number of aromatic nitrogens is 4. The number of rotatable bonds is 5. The van der Waals surface area contributed by atoms with E-state index in [0.29, 0.717) is 18.2 Å². The third-order valence-corrected chi connectivity index (χ3v) is 4.98. The first kappa shape index (κ1) is 15.4. The minimum Gasteiger partial charge on any atom is -0.339 e. The lowest BCUT2D eigenvalue weighted by molar-refractivity contribution is -0.132. The molecule has 0 aromatic carbocycles. The molecule has 0 spiro atoms. The van der Waals surface area contributed by atoms with Gasteiger partial charge in [-0.25, -0.2) is 0 Å². The van der Waals surface area contributed by atoms with Gasteiger partial charge in [0, 0.05) is 32.1 Å². The number of hydrogen-bond acceptors (Lipinski definition) is 5. The van der Waals surface area contributed by atoms with E-state index >= 15 is 0 Å². The monoisotopic (exact) mass is 329 g/mol. The molecular weight excluding hydrogens is 306 g/mol. The Morgan fingerprint density at radius 1 is 1.38 bits per heavy atom. The molecule has 0 N–H and O–H groups in total. The first-order valence-corrected chi connectivity index (χ1v) is 8.74. The van der Waals surface area contributed by atoms with E-state index in [9.17, 15) is 4.79 Å². The summed E-state index contributed by atoms with van der Waals surface area (Å²) < 4.78 is 7.16. The van der Waals surface area contributed by atoms with Crippen LogP contribution < -0.4 is 0 Å². The molecule has 1 atom stereocenters. The van der Waals surface area contributed by atoms with Gasteiger partial charge >= 0.3 is 0 Å². The molecule has 24 heavy (non-hydrogen) atoms. The van der Waals surface area contributed by atoms with Crippen molar-refractivity contribution in [2.45, 2.75) is 57.4 Å². The number of nitrogens with zero attached hydrogens (tertiary/aromatic N) is 5. The van der Waals surface area contributed by atoms with Gasteiger partial charge < -0.3 is 9.42 Å². The van der Waals surface area contributed by atoms with Gasteiger partial charge in [-0.15, -0.1) is 0 Å². The van der Waals surface area contributed by atoms with Gasteiger partial charge in [0.1, 0.15) is 0 Å². The van der Waals surface area contributed by atoms with Gasteiger partial charge in [-0.3, -0.25) is 9.48 Å². The van der Waals surface area contributed by atoms with Crippen molar-refractivity contribution in [3.8, 4) is 0 Å². The van der Waals surface area contributed by atoms with Gasteiger partial charge in [0.25, 0.3) is 0 Å². The Kier molecular flexibility index (Phi) is 3.86. The minimum atomic E-state index is -0.0243. The predicted octanol–water partition coefficient (Wildman–Crippen LogP) is 2.29. The maximum atomic E-state index is 12.7. The van der Waals surface area contributed by atoms with Gasteiger partial charge in [0.05, 0.1) is 11.7 Å². The van der Waals surface area contributed by atoms with Crippen molar-refractivity contribution in [2.24, 2.45) is 7.05 Å². The third-order valence-electron chi connectivity index (χ3n) is 4.98. The van der Waals surface area contributed by atoms with E-state index in [2.05, 4.69) is 15.2 Å². The summed E-state index contributed by atoms with van der Waals surface area (Å²) >= 11 is 0. The quantitative estimate of drug-likeness (QED) is 0.841. The Hall–Kier alpha value is -2.18. The average Bonchev–Trinajstić information content (AvgIpc) is 2.98. The molecule has 0 radical (unpaired) electrons. The maximum absolute atomic E-state index is 12.7. The zero-order valence-corrected chi connectivity index (χ0v) is 14.2. The van der Waals surface area contributed by atoms with Crippen LogP contribution in [-0.4, -0.2) is 37.3 Å². The summed E-state index contributed by atoms with van der Waals surface area (Å²) in [4.78, 5) is 19.1. The summed E-state index contributed by atoms with van der Waals surface area (Å²) in [7, 11) is 1.91. The van der Waals surface area contributed by atoms with Crippen LogP contribution in [0, 0.1) is 6.92 Å². The standard InChI is InChI=1S/C17H23N5O2/c1-11-13(10-21(2)19-11)7-8-15(23)22-9-3-4-14(22)16-18-17(24-20-16)12-5-6-12/h10,12,14H,3-9H2,1-2H3/t14-/m1/s1. The molecule has 0 bridgehead atoms. The molecule has 3 heterocycles. The highest BCUT2D eigenvalue weighted by molar-refractivity contribution is 5.77. The Balaban J connectivity index is 1.41. The van der Waals surface area contributed by atoms with E-state index in [0.717, 1.165) is 55.8 Å². The smallest absolute Gasteiger partial charge is 0.229 e. The van der Waals surface area contributed by atoms with E-state index in [4.69, 9.17) is 4.52 Å². The van der Waals surface area contributed by atoms with Crippen molar-refractivity contribution in [1.29, 1.82) is 0 Å². The van der Waals surface area contributed by atoms with E-state index < -0.39 is 0 Å². The summed E-state index contributed by atoms with van der Waals surface area (Å²) in [5.74, 6) is 2.04. The summed E-state index contributed by atoms with van der Waals surface area (Å²) in [6, 6.07) is -0.0243. The van der Waals surface area contributed by atoms with Crippen LogP contribution >= 0.6 is 0 Å². The number of hydrogen-bond donors (Lipinski definition) is 0. The molecule has 1 aliphatic heterocycles. The molecule has 2 aliphatic rings. The SMILES string of the molecule is Cc1nn(C)cc1CCC(=O)N1CCC[C@@H]1c1noc(C2CC2)n1. The van der Waals surface area contributed by atoms with Crippen LogP contribution in [0.5, 0.6) is 0 Å². The van der Waals surface area contributed by atoms with Crippen LogP contribution in [0.2, 0.25) is 0 Å². The molecule has 4 rings (SSSR count). The minimum absolute atomic E-state index is 0.0243. The van der Waals surface area contributed by atoms with Crippen molar-refractivity contribution in [1.82, 2.24) is 24.8 Å². The molecule has 2 aromatic heterocycles. The molecule has 128 valence electrons. The molecular formula is C17H23N5O2. The topological polar surface area (TPSA) is 77.0 Å². The van der Waals surface area contributed by atoms with Gasteiger partial charge in [-0.05, 0) is 44.6 Å². The Morgan fingerprint density at radius 2 is 2.21 bits per heavy atom. The maximum Gasteiger partial charge on any atom is 0.229 e. The van der Waals surface area contributed by atoms with Crippen molar-refractivity contribution in [3.63, 3.8) is 0 Å². The van der Waals surface area contributed by atoms with Crippen molar-refractivity contribution in [2.75, 3.05) is 6.54 Å². The number of likely N-dealkylation sites (tertiary alicyclic amines) is 1. The molecule has 2 fully saturated rings. The van der Waals surface area contributed by atoms with Crippen LogP contribution in [0.3, 0.4) is 0 Å². The second-order valence-electron chi connectivity index (χ2n) is 6.92. The highest BCUT2D eigenvalue weighted by Crippen LogP contribution is 2.40. The van der Waals surface area contributed by atoms with E-state index in [1.807, 2.05) is 25.1 Å². The zero-order valence-electron chi connectivity index (χ0n) is 14.2.